The monoisotopic (exact) mass is 221 g/mol. The number of hydrogen-bond acceptors (Lipinski definition) is 3. The van der Waals surface area contributed by atoms with Gasteiger partial charge in [-0.2, -0.15) is 12.4 Å². The first-order valence-electron chi connectivity index (χ1n) is 3.32. The number of hydrogen-bond donors (Lipinski definition) is 0. The zero-order chi connectivity index (χ0) is 8.97. The summed E-state index contributed by atoms with van der Waals surface area (Å²) >= 11 is 0. The van der Waals surface area contributed by atoms with E-state index in [1.165, 1.54) is 7.11 Å². The summed E-state index contributed by atoms with van der Waals surface area (Å²) in [6.45, 7) is 0. The molecule has 0 heterocycles. The van der Waals surface area contributed by atoms with E-state index in [0.29, 0.717) is 17.1 Å². The van der Waals surface area contributed by atoms with E-state index in [1.54, 1.807) is 18.2 Å². The van der Waals surface area contributed by atoms with Crippen molar-refractivity contribution in [3.8, 4) is 17.6 Å². The SMILES string of the molecule is [CH2-]Oc1cc(C#N)ccc1OC.[Co]. The van der Waals surface area contributed by atoms with Crippen molar-refractivity contribution in [3.05, 3.63) is 30.9 Å². The zero-order valence-corrected chi connectivity index (χ0v) is 8.08. The Morgan fingerprint density at radius 3 is 2.54 bits per heavy atom. The fourth-order valence-electron chi connectivity index (χ4n) is 0.859. The molecule has 0 aromatic heterocycles. The van der Waals surface area contributed by atoms with Crippen LogP contribution in [-0.2, 0) is 16.8 Å². The van der Waals surface area contributed by atoms with Crippen molar-refractivity contribution in [2.24, 2.45) is 0 Å². The molecule has 3 nitrogen and oxygen atoms in total. The van der Waals surface area contributed by atoms with Crippen molar-refractivity contribution >= 4 is 0 Å². The molecule has 1 rings (SSSR count). The quantitative estimate of drug-likeness (QED) is 0.714. The molecular weight excluding hydrogens is 213 g/mol. The third-order valence-corrected chi connectivity index (χ3v) is 1.45. The van der Waals surface area contributed by atoms with Crippen LogP contribution in [0.15, 0.2) is 18.2 Å². The van der Waals surface area contributed by atoms with Gasteiger partial charge in [-0.15, -0.1) is 0 Å². The van der Waals surface area contributed by atoms with Crippen LogP contribution in [0, 0.1) is 18.4 Å². The van der Waals surface area contributed by atoms with Crippen LogP contribution in [0.4, 0.5) is 0 Å². The predicted octanol–water partition coefficient (Wildman–Crippen LogP) is 1.73. The molecule has 0 amide bonds. The molecule has 0 aliphatic rings. The molecule has 0 bridgehead atoms. The molecule has 1 aromatic carbocycles. The molecule has 0 spiro atoms. The van der Waals surface area contributed by atoms with Gasteiger partial charge in [0, 0.05) is 16.8 Å². The van der Waals surface area contributed by atoms with Gasteiger partial charge in [0.2, 0.25) is 0 Å². The van der Waals surface area contributed by atoms with E-state index in [1.807, 2.05) is 6.07 Å². The Labute approximate surface area is 87.5 Å². The van der Waals surface area contributed by atoms with Crippen molar-refractivity contribution in [1.82, 2.24) is 0 Å². The second kappa shape index (κ2) is 5.46. The summed E-state index contributed by atoms with van der Waals surface area (Å²) < 4.78 is 9.71. The minimum absolute atomic E-state index is 0. The van der Waals surface area contributed by atoms with E-state index in [4.69, 9.17) is 14.7 Å². The van der Waals surface area contributed by atoms with Crippen LogP contribution >= 0.6 is 0 Å². The first kappa shape index (κ1) is 11.8. The van der Waals surface area contributed by atoms with Gasteiger partial charge in [0.05, 0.1) is 18.7 Å². The maximum Gasteiger partial charge on any atom is 0.157 e. The van der Waals surface area contributed by atoms with E-state index >= 15 is 0 Å². The second-order valence-corrected chi connectivity index (χ2v) is 2.12. The van der Waals surface area contributed by atoms with Gasteiger partial charge in [-0.1, -0.05) is 0 Å². The Balaban J connectivity index is 0.00000144. The van der Waals surface area contributed by atoms with Gasteiger partial charge in [0.25, 0.3) is 0 Å². The summed E-state index contributed by atoms with van der Waals surface area (Å²) in [7, 11) is 4.78. The van der Waals surface area contributed by atoms with Crippen LogP contribution in [0.2, 0.25) is 0 Å². The minimum atomic E-state index is 0. The Bertz CT molecular complexity index is 320. The largest absolute Gasteiger partial charge is 0.663 e. The van der Waals surface area contributed by atoms with Crippen LogP contribution < -0.4 is 9.47 Å². The molecule has 0 aliphatic carbocycles. The smallest absolute Gasteiger partial charge is 0.157 e. The Morgan fingerprint density at radius 1 is 1.38 bits per heavy atom. The Hall–Kier alpha value is -1.18. The summed E-state index contributed by atoms with van der Waals surface area (Å²) in [6.07, 6.45) is 0. The molecule has 13 heavy (non-hydrogen) atoms. The second-order valence-electron chi connectivity index (χ2n) is 2.12. The average molecular weight is 221 g/mol. The first-order valence-corrected chi connectivity index (χ1v) is 3.32. The Morgan fingerprint density at radius 2 is 2.08 bits per heavy atom. The maximum absolute atomic E-state index is 8.55. The molecule has 0 N–H and O–H groups in total. The number of benzene rings is 1. The standard InChI is InChI=1S/C9H8NO2.Co/c1-11-8-4-3-7(6-10)5-9(8)12-2;/h3-5H,2H2,1H3;/q-1;. The zero-order valence-electron chi connectivity index (χ0n) is 7.04. The normalized spacial score (nSPS) is 8.08. The molecule has 1 radical (unpaired) electrons. The van der Waals surface area contributed by atoms with Gasteiger partial charge in [-0.05, 0) is 18.2 Å². The fraction of sp³-hybridized carbons (Fsp3) is 0.111. The molecule has 0 saturated heterocycles. The van der Waals surface area contributed by atoms with Gasteiger partial charge in [-0.3, -0.25) is 0 Å². The molecule has 71 valence electrons. The summed E-state index contributed by atoms with van der Waals surface area (Å²) in [5, 5.41) is 8.55. The van der Waals surface area contributed by atoms with Gasteiger partial charge in [0.15, 0.2) is 5.75 Å². The van der Waals surface area contributed by atoms with Crippen LogP contribution in [0.3, 0.4) is 0 Å². The third kappa shape index (κ3) is 2.65. The van der Waals surface area contributed by atoms with E-state index in [0.717, 1.165) is 0 Å². The molecule has 0 atom stereocenters. The third-order valence-electron chi connectivity index (χ3n) is 1.45. The molecule has 4 heteroatoms. The van der Waals surface area contributed by atoms with E-state index < -0.39 is 0 Å². The van der Waals surface area contributed by atoms with Crippen molar-refractivity contribution < 1.29 is 26.3 Å². The van der Waals surface area contributed by atoms with Crippen LogP contribution in [0.25, 0.3) is 0 Å². The number of ether oxygens (including phenoxy) is 2. The summed E-state index contributed by atoms with van der Waals surface area (Å²) in [5.41, 5.74) is 0.523. The molecule has 1 aromatic rings. The predicted molar refractivity (Wildman–Crippen MR) is 43.7 cm³/mol. The van der Waals surface area contributed by atoms with Crippen LogP contribution in [0.5, 0.6) is 11.5 Å². The molecule has 0 fully saturated rings. The van der Waals surface area contributed by atoms with Crippen molar-refractivity contribution in [2.45, 2.75) is 0 Å². The summed E-state index contributed by atoms with van der Waals surface area (Å²) in [4.78, 5) is 0. The number of methoxy groups -OCH3 is 1. The molecule has 0 saturated carbocycles. The van der Waals surface area contributed by atoms with E-state index in [9.17, 15) is 0 Å². The minimum Gasteiger partial charge on any atom is -0.663 e. The van der Waals surface area contributed by atoms with Gasteiger partial charge >= 0.3 is 0 Å². The Kier molecular flexibility index (Phi) is 4.96. The van der Waals surface area contributed by atoms with E-state index in [2.05, 4.69) is 7.11 Å². The van der Waals surface area contributed by atoms with Gasteiger partial charge in [0.1, 0.15) is 5.75 Å². The van der Waals surface area contributed by atoms with Crippen molar-refractivity contribution in [1.29, 1.82) is 5.26 Å². The number of rotatable bonds is 2. The molecule has 0 aliphatic heterocycles. The topological polar surface area (TPSA) is 42.2 Å². The van der Waals surface area contributed by atoms with E-state index in [-0.39, 0.29) is 16.8 Å². The van der Waals surface area contributed by atoms with Gasteiger partial charge in [-0.25, -0.2) is 0 Å². The van der Waals surface area contributed by atoms with Crippen LogP contribution in [-0.4, -0.2) is 7.11 Å². The fourth-order valence-corrected chi connectivity index (χ4v) is 0.859. The van der Waals surface area contributed by atoms with Crippen molar-refractivity contribution in [3.63, 3.8) is 0 Å². The summed E-state index contributed by atoms with van der Waals surface area (Å²) in [6, 6.07) is 6.88. The first-order chi connectivity index (χ1) is 5.81. The average Bonchev–Trinajstić information content (AvgIpc) is 2.16. The molecule has 0 unspecified atom stereocenters. The van der Waals surface area contributed by atoms with Gasteiger partial charge < -0.3 is 9.47 Å². The molecular formula is C9H8CoNO2-. The number of nitriles is 1. The van der Waals surface area contributed by atoms with Crippen LogP contribution in [0.1, 0.15) is 5.56 Å². The maximum atomic E-state index is 8.55. The number of nitrogens with zero attached hydrogens (tertiary/aromatic N) is 1. The van der Waals surface area contributed by atoms with Crippen molar-refractivity contribution in [2.75, 3.05) is 7.11 Å². The summed E-state index contributed by atoms with van der Waals surface area (Å²) in [5.74, 6) is 1.04.